The lowest BCUT2D eigenvalue weighted by atomic mass is 9.87. The zero-order valence-electron chi connectivity index (χ0n) is 9.30. The van der Waals surface area contributed by atoms with Crippen LogP contribution in [0.3, 0.4) is 0 Å². The molecule has 0 bridgehead atoms. The van der Waals surface area contributed by atoms with Gasteiger partial charge in [-0.05, 0) is 35.6 Å². The molecule has 15 heavy (non-hydrogen) atoms. The van der Waals surface area contributed by atoms with Crippen LogP contribution in [-0.4, -0.2) is 0 Å². The maximum atomic E-state index is 13.1. The van der Waals surface area contributed by atoms with Crippen LogP contribution in [0.15, 0.2) is 18.2 Å². The molecule has 0 saturated heterocycles. The summed E-state index contributed by atoms with van der Waals surface area (Å²) in [4.78, 5) is 0. The predicted octanol–water partition coefficient (Wildman–Crippen LogP) is 3.77. The molecule has 2 atom stereocenters. The third-order valence-electron chi connectivity index (χ3n) is 2.94. The van der Waals surface area contributed by atoms with Crippen molar-refractivity contribution >= 4 is 11.6 Å². The molecule has 0 aliphatic rings. The summed E-state index contributed by atoms with van der Waals surface area (Å²) in [5, 5.41) is 0.538. The molecule has 1 aromatic carbocycles. The average Bonchev–Trinajstić information content (AvgIpc) is 2.19. The monoisotopic (exact) mass is 229 g/mol. The highest BCUT2D eigenvalue weighted by Gasteiger charge is 2.20. The molecule has 2 N–H and O–H groups in total. The summed E-state index contributed by atoms with van der Waals surface area (Å²) in [7, 11) is 0. The van der Waals surface area contributed by atoms with Gasteiger partial charge in [-0.25, -0.2) is 4.39 Å². The molecule has 0 aliphatic heterocycles. The molecule has 1 aromatic rings. The fraction of sp³-hybridized carbons (Fsp3) is 0.500. The van der Waals surface area contributed by atoms with Gasteiger partial charge in [0.1, 0.15) is 5.82 Å². The van der Waals surface area contributed by atoms with Crippen LogP contribution in [0.5, 0.6) is 0 Å². The Morgan fingerprint density at radius 3 is 2.40 bits per heavy atom. The van der Waals surface area contributed by atoms with Crippen LogP contribution >= 0.6 is 11.6 Å². The second-order valence-corrected chi connectivity index (χ2v) is 4.70. The van der Waals surface area contributed by atoms with Crippen LogP contribution in [0.2, 0.25) is 5.02 Å². The van der Waals surface area contributed by atoms with Crippen molar-refractivity contribution in [3.05, 3.63) is 34.6 Å². The van der Waals surface area contributed by atoms with Gasteiger partial charge in [0.25, 0.3) is 0 Å². The molecule has 1 rings (SSSR count). The SMILES string of the molecule is CC(C)C(C)C(N)c1cc(F)ccc1Cl. The van der Waals surface area contributed by atoms with Crippen molar-refractivity contribution in [1.29, 1.82) is 0 Å². The highest BCUT2D eigenvalue weighted by Crippen LogP contribution is 2.30. The van der Waals surface area contributed by atoms with E-state index in [-0.39, 0.29) is 17.8 Å². The molecule has 3 heteroatoms. The van der Waals surface area contributed by atoms with Gasteiger partial charge in [0, 0.05) is 11.1 Å². The van der Waals surface area contributed by atoms with E-state index in [1.54, 1.807) is 6.07 Å². The Balaban J connectivity index is 2.99. The van der Waals surface area contributed by atoms with Crippen molar-refractivity contribution in [1.82, 2.24) is 0 Å². The van der Waals surface area contributed by atoms with Gasteiger partial charge in [0.2, 0.25) is 0 Å². The Morgan fingerprint density at radius 2 is 1.87 bits per heavy atom. The van der Waals surface area contributed by atoms with Crippen LogP contribution in [0.1, 0.15) is 32.4 Å². The first-order valence-electron chi connectivity index (χ1n) is 5.14. The van der Waals surface area contributed by atoms with Crippen molar-refractivity contribution in [3.63, 3.8) is 0 Å². The van der Waals surface area contributed by atoms with E-state index < -0.39 is 0 Å². The maximum absolute atomic E-state index is 13.1. The minimum absolute atomic E-state index is 0.215. The van der Waals surface area contributed by atoms with Gasteiger partial charge in [0.05, 0.1) is 0 Å². The van der Waals surface area contributed by atoms with Gasteiger partial charge in [-0.2, -0.15) is 0 Å². The van der Waals surface area contributed by atoms with E-state index in [0.29, 0.717) is 16.5 Å². The Morgan fingerprint density at radius 1 is 1.27 bits per heavy atom. The van der Waals surface area contributed by atoms with Gasteiger partial charge in [-0.3, -0.25) is 0 Å². The van der Waals surface area contributed by atoms with Crippen molar-refractivity contribution in [3.8, 4) is 0 Å². The average molecular weight is 230 g/mol. The summed E-state index contributed by atoms with van der Waals surface area (Å²) in [5.41, 5.74) is 6.75. The maximum Gasteiger partial charge on any atom is 0.123 e. The normalized spacial score (nSPS) is 15.4. The second-order valence-electron chi connectivity index (χ2n) is 4.29. The van der Waals surface area contributed by atoms with Crippen molar-refractivity contribution in [2.75, 3.05) is 0 Å². The predicted molar refractivity (Wildman–Crippen MR) is 62.3 cm³/mol. The molecular weight excluding hydrogens is 213 g/mol. The van der Waals surface area contributed by atoms with Crippen LogP contribution in [0.25, 0.3) is 0 Å². The summed E-state index contributed by atoms with van der Waals surface area (Å²) >= 11 is 5.99. The van der Waals surface area contributed by atoms with Crippen LogP contribution < -0.4 is 5.73 Å². The fourth-order valence-corrected chi connectivity index (χ4v) is 1.71. The highest BCUT2D eigenvalue weighted by molar-refractivity contribution is 6.31. The molecule has 0 amide bonds. The van der Waals surface area contributed by atoms with Crippen LogP contribution in [0.4, 0.5) is 4.39 Å². The van der Waals surface area contributed by atoms with Crippen LogP contribution in [-0.2, 0) is 0 Å². The molecule has 0 radical (unpaired) electrons. The third-order valence-corrected chi connectivity index (χ3v) is 3.28. The van der Waals surface area contributed by atoms with Gasteiger partial charge < -0.3 is 5.73 Å². The van der Waals surface area contributed by atoms with E-state index in [2.05, 4.69) is 20.8 Å². The highest BCUT2D eigenvalue weighted by atomic mass is 35.5. The van der Waals surface area contributed by atoms with E-state index >= 15 is 0 Å². The standard InChI is InChI=1S/C12H17ClFN/c1-7(2)8(3)12(15)10-6-9(14)4-5-11(10)13/h4-8,12H,15H2,1-3H3. The van der Waals surface area contributed by atoms with Crippen molar-refractivity contribution < 1.29 is 4.39 Å². The summed E-state index contributed by atoms with van der Waals surface area (Å²) in [6.45, 7) is 6.24. The van der Waals surface area contributed by atoms with Gasteiger partial charge in [0.15, 0.2) is 0 Å². The Labute approximate surface area is 95.4 Å². The van der Waals surface area contributed by atoms with Crippen molar-refractivity contribution in [2.45, 2.75) is 26.8 Å². The Hall–Kier alpha value is -0.600. The fourth-order valence-electron chi connectivity index (χ4n) is 1.47. The first-order valence-corrected chi connectivity index (χ1v) is 5.51. The zero-order valence-corrected chi connectivity index (χ0v) is 10.1. The minimum atomic E-state index is -0.291. The largest absolute Gasteiger partial charge is 0.324 e. The molecule has 0 aliphatic carbocycles. The third kappa shape index (κ3) is 2.93. The number of rotatable bonds is 3. The first-order chi connectivity index (χ1) is 6.93. The quantitative estimate of drug-likeness (QED) is 0.839. The molecule has 0 spiro atoms. The number of nitrogens with two attached hydrogens (primary N) is 1. The lowest BCUT2D eigenvalue weighted by Gasteiger charge is -2.24. The second kappa shape index (κ2) is 4.95. The van der Waals surface area contributed by atoms with Crippen molar-refractivity contribution in [2.24, 2.45) is 17.6 Å². The summed E-state index contributed by atoms with van der Waals surface area (Å²) in [6, 6.07) is 4.11. The Kier molecular flexibility index (Phi) is 4.12. The summed E-state index contributed by atoms with van der Waals surface area (Å²) in [6.07, 6.45) is 0. The molecule has 1 nitrogen and oxygen atoms in total. The lowest BCUT2D eigenvalue weighted by Crippen LogP contribution is -2.23. The van der Waals surface area contributed by atoms with Gasteiger partial charge in [-0.15, -0.1) is 0 Å². The molecule has 2 unspecified atom stereocenters. The smallest absolute Gasteiger partial charge is 0.123 e. The molecule has 0 heterocycles. The van der Waals surface area contributed by atoms with E-state index in [9.17, 15) is 4.39 Å². The Bertz CT molecular complexity index is 338. The zero-order chi connectivity index (χ0) is 11.6. The van der Waals surface area contributed by atoms with Gasteiger partial charge >= 0.3 is 0 Å². The van der Waals surface area contributed by atoms with Gasteiger partial charge in [-0.1, -0.05) is 32.4 Å². The van der Waals surface area contributed by atoms with E-state index in [1.807, 2.05) is 0 Å². The summed E-state index contributed by atoms with van der Waals surface area (Å²) < 4.78 is 13.1. The molecule has 0 saturated carbocycles. The lowest BCUT2D eigenvalue weighted by molar-refractivity contribution is 0.351. The van der Waals surface area contributed by atoms with Crippen LogP contribution in [0, 0.1) is 17.7 Å². The van der Waals surface area contributed by atoms with E-state index in [0.717, 1.165) is 0 Å². The molecule has 84 valence electrons. The molecule has 0 fully saturated rings. The number of hydrogen-bond donors (Lipinski definition) is 1. The van der Waals surface area contributed by atoms with E-state index in [4.69, 9.17) is 17.3 Å². The molecular formula is C12H17ClFN. The molecule has 0 aromatic heterocycles. The number of benzene rings is 1. The summed E-state index contributed by atoms with van der Waals surface area (Å²) in [5.74, 6) is 0.421. The number of halogens is 2. The number of hydrogen-bond acceptors (Lipinski definition) is 1. The first kappa shape index (κ1) is 12.5. The minimum Gasteiger partial charge on any atom is -0.324 e. The van der Waals surface area contributed by atoms with E-state index in [1.165, 1.54) is 12.1 Å². The topological polar surface area (TPSA) is 26.0 Å².